The summed E-state index contributed by atoms with van der Waals surface area (Å²) in [5.74, 6) is -0.448. The lowest BCUT2D eigenvalue weighted by Gasteiger charge is -2.32. The molecule has 7 N–H and O–H groups in total. The second kappa shape index (κ2) is 7.18. The minimum absolute atomic E-state index is 0.0372. The molecule has 9 nitrogen and oxygen atoms in total. The Bertz CT molecular complexity index is 660. The largest absolute Gasteiger partial charge is 0.459 e. The number of H-pyrrole nitrogens is 1. The maximum atomic E-state index is 12.0. The number of carbonyl (C=O) groups excluding carboxylic acids is 1. The fraction of sp³-hybridized carbons (Fsp3) is 0.667. The average molecular weight is 339 g/mol. The Morgan fingerprint density at radius 1 is 1.42 bits per heavy atom. The van der Waals surface area contributed by atoms with E-state index in [0.29, 0.717) is 24.3 Å². The first-order valence-electron chi connectivity index (χ1n) is 7.97. The average Bonchev–Trinajstić information content (AvgIpc) is 2.52. The summed E-state index contributed by atoms with van der Waals surface area (Å²) in [6, 6.07) is -0.736. The van der Waals surface area contributed by atoms with Crippen molar-refractivity contribution < 1.29 is 14.6 Å². The van der Waals surface area contributed by atoms with Crippen LogP contribution in [0.25, 0.3) is 0 Å². The Morgan fingerprint density at radius 2 is 2.08 bits per heavy atom. The van der Waals surface area contributed by atoms with Gasteiger partial charge in [-0.05, 0) is 19.3 Å². The maximum absolute atomic E-state index is 12.0. The number of carbonyl (C=O) groups is 1. The Hall–Kier alpha value is -2.13. The van der Waals surface area contributed by atoms with Gasteiger partial charge in [0, 0.05) is 12.5 Å². The van der Waals surface area contributed by atoms with E-state index in [1.165, 1.54) is 0 Å². The highest BCUT2D eigenvalue weighted by Crippen LogP contribution is 2.24. The van der Waals surface area contributed by atoms with E-state index in [1.54, 1.807) is 6.92 Å². The molecule has 2 rings (SSSR count). The number of aliphatic hydroxyl groups excluding tert-OH is 1. The summed E-state index contributed by atoms with van der Waals surface area (Å²) in [4.78, 5) is 30.4. The molecule has 0 aliphatic carbocycles. The van der Waals surface area contributed by atoms with Crippen LogP contribution >= 0.6 is 0 Å². The predicted molar refractivity (Wildman–Crippen MR) is 89.3 cm³/mol. The number of nitrogens with two attached hydrogens (primary N) is 2. The van der Waals surface area contributed by atoms with Crippen molar-refractivity contribution in [3.05, 3.63) is 15.9 Å². The number of rotatable bonds is 5. The number of aliphatic hydroxyl groups is 1. The summed E-state index contributed by atoms with van der Waals surface area (Å²) in [6.07, 6.45) is -1.37. The fourth-order valence-electron chi connectivity index (χ4n) is 2.64. The Morgan fingerprint density at radius 3 is 2.71 bits per heavy atom. The molecule has 1 aliphatic heterocycles. The molecule has 1 unspecified atom stereocenters. The molecule has 1 aliphatic rings. The van der Waals surface area contributed by atoms with Gasteiger partial charge in [-0.3, -0.25) is 14.6 Å². The zero-order valence-electron chi connectivity index (χ0n) is 14.1. The van der Waals surface area contributed by atoms with Gasteiger partial charge < -0.3 is 26.6 Å². The first kappa shape index (κ1) is 18.2. The van der Waals surface area contributed by atoms with Crippen molar-refractivity contribution in [2.75, 3.05) is 17.6 Å². The number of esters is 1. The van der Waals surface area contributed by atoms with Crippen LogP contribution in [0, 0.1) is 11.8 Å². The van der Waals surface area contributed by atoms with Crippen molar-refractivity contribution in [1.29, 1.82) is 0 Å². The fourth-order valence-corrected chi connectivity index (χ4v) is 2.64. The zero-order valence-corrected chi connectivity index (χ0v) is 14.1. The number of nitrogens with zero attached hydrogens (tertiary/aromatic N) is 1. The van der Waals surface area contributed by atoms with Gasteiger partial charge in [0.25, 0.3) is 5.56 Å². The minimum Gasteiger partial charge on any atom is -0.459 e. The van der Waals surface area contributed by atoms with Gasteiger partial charge in [-0.2, -0.15) is 4.98 Å². The molecule has 0 amide bonds. The topological polar surface area (TPSA) is 156 Å². The van der Waals surface area contributed by atoms with Gasteiger partial charge >= 0.3 is 5.97 Å². The van der Waals surface area contributed by atoms with E-state index in [-0.39, 0.29) is 23.3 Å². The number of nitrogen functional groups attached to an aromatic ring is 1. The predicted octanol–water partition coefficient (Wildman–Crippen LogP) is -0.788. The lowest BCUT2D eigenvalue weighted by molar-refractivity contribution is -0.158. The van der Waals surface area contributed by atoms with Crippen molar-refractivity contribution in [3.63, 3.8) is 0 Å². The molecule has 0 fully saturated rings. The van der Waals surface area contributed by atoms with Gasteiger partial charge in [-0.15, -0.1) is 0 Å². The standard InChI is InChI=1S/C15H25N5O4/c1-6(2)10(16)14(23)24-7(3)11(21)8-4-9-12(18-5-8)19-15(17)20-13(9)22/h6-8,10-11,21H,4-5,16H2,1-3H3,(H4,17,18,19,20,22)/t7-,8+,10?,11-/m0/s1. The summed E-state index contributed by atoms with van der Waals surface area (Å²) in [5, 5.41) is 13.5. The molecule has 9 heteroatoms. The van der Waals surface area contributed by atoms with Crippen LogP contribution < -0.4 is 22.3 Å². The summed E-state index contributed by atoms with van der Waals surface area (Å²) >= 11 is 0. The van der Waals surface area contributed by atoms with E-state index >= 15 is 0 Å². The number of hydrogen-bond acceptors (Lipinski definition) is 8. The lowest BCUT2D eigenvalue weighted by Crippen LogP contribution is -2.45. The van der Waals surface area contributed by atoms with Gasteiger partial charge in [-0.25, -0.2) is 0 Å². The van der Waals surface area contributed by atoms with E-state index in [2.05, 4.69) is 15.3 Å². The number of anilines is 2. The molecule has 0 saturated carbocycles. The molecule has 2 heterocycles. The maximum Gasteiger partial charge on any atom is 0.323 e. The second-order valence-corrected chi connectivity index (χ2v) is 6.53. The van der Waals surface area contributed by atoms with Crippen LogP contribution in [0.3, 0.4) is 0 Å². The second-order valence-electron chi connectivity index (χ2n) is 6.53. The highest BCUT2D eigenvalue weighted by molar-refractivity contribution is 5.76. The first-order valence-corrected chi connectivity index (χ1v) is 7.97. The van der Waals surface area contributed by atoms with Gasteiger partial charge in [0.2, 0.25) is 5.95 Å². The van der Waals surface area contributed by atoms with E-state index in [9.17, 15) is 14.7 Å². The normalized spacial score (nSPS) is 20.7. The molecule has 1 aromatic heterocycles. The zero-order chi connectivity index (χ0) is 18.0. The van der Waals surface area contributed by atoms with Crippen molar-refractivity contribution in [2.45, 2.75) is 45.4 Å². The number of aromatic amines is 1. The van der Waals surface area contributed by atoms with Crippen LogP contribution in [-0.4, -0.2) is 45.8 Å². The summed E-state index contributed by atoms with van der Waals surface area (Å²) in [7, 11) is 0. The molecule has 0 saturated heterocycles. The third-order valence-corrected chi connectivity index (χ3v) is 4.29. The minimum atomic E-state index is -0.939. The number of aromatic nitrogens is 2. The molecular weight excluding hydrogens is 314 g/mol. The molecule has 0 radical (unpaired) electrons. The van der Waals surface area contributed by atoms with Crippen LogP contribution in [0.4, 0.5) is 11.8 Å². The number of nitrogens with one attached hydrogen (secondary N) is 2. The molecule has 0 aromatic carbocycles. The third kappa shape index (κ3) is 3.85. The highest BCUT2D eigenvalue weighted by Gasteiger charge is 2.33. The van der Waals surface area contributed by atoms with Crippen molar-refractivity contribution in [3.8, 4) is 0 Å². The highest BCUT2D eigenvalue weighted by atomic mass is 16.6. The van der Waals surface area contributed by atoms with Gasteiger partial charge in [0.1, 0.15) is 18.0 Å². The van der Waals surface area contributed by atoms with Crippen LogP contribution in [0.1, 0.15) is 26.3 Å². The van der Waals surface area contributed by atoms with Crippen LogP contribution in [0.15, 0.2) is 4.79 Å². The van der Waals surface area contributed by atoms with Gasteiger partial charge in [0.05, 0.1) is 11.7 Å². The summed E-state index contributed by atoms with van der Waals surface area (Å²) in [6.45, 7) is 5.64. The van der Waals surface area contributed by atoms with E-state index in [0.717, 1.165) is 0 Å². The van der Waals surface area contributed by atoms with Crippen LogP contribution in [0.2, 0.25) is 0 Å². The lowest BCUT2D eigenvalue weighted by atomic mass is 9.89. The Labute approximate surface area is 139 Å². The summed E-state index contributed by atoms with van der Waals surface area (Å²) < 4.78 is 5.26. The number of fused-ring (bicyclic) bond motifs is 1. The number of hydrogen-bond donors (Lipinski definition) is 5. The third-order valence-electron chi connectivity index (χ3n) is 4.29. The van der Waals surface area contributed by atoms with Crippen LogP contribution in [-0.2, 0) is 16.0 Å². The van der Waals surface area contributed by atoms with E-state index < -0.39 is 24.2 Å². The quantitative estimate of drug-likeness (QED) is 0.437. The van der Waals surface area contributed by atoms with E-state index in [1.807, 2.05) is 13.8 Å². The first-order chi connectivity index (χ1) is 11.2. The smallest absolute Gasteiger partial charge is 0.323 e. The molecule has 0 spiro atoms. The molecule has 1 aromatic rings. The van der Waals surface area contributed by atoms with Crippen molar-refractivity contribution >= 4 is 17.7 Å². The molecular formula is C15H25N5O4. The number of ether oxygens (including phenoxy) is 1. The Balaban J connectivity index is 2.04. The van der Waals surface area contributed by atoms with Crippen molar-refractivity contribution in [1.82, 2.24) is 9.97 Å². The molecule has 24 heavy (non-hydrogen) atoms. The Kier molecular flexibility index (Phi) is 5.45. The van der Waals surface area contributed by atoms with Crippen molar-refractivity contribution in [2.24, 2.45) is 17.6 Å². The van der Waals surface area contributed by atoms with Crippen LogP contribution in [0.5, 0.6) is 0 Å². The molecule has 134 valence electrons. The monoisotopic (exact) mass is 339 g/mol. The summed E-state index contributed by atoms with van der Waals surface area (Å²) in [5.41, 5.74) is 11.3. The van der Waals surface area contributed by atoms with Gasteiger partial charge in [0.15, 0.2) is 0 Å². The molecule has 0 bridgehead atoms. The van der Waals surface area contributed by atoms with E-state index in [4.69, 9.17) is 16.2 Å². The molecule has 4 atom stereocenters. The van der Waals surface area contributed by atoms with Gasteiger partial charge in [-0.1, -0.05) is 13.8 Å². The SMILES string of the molecule is CC(C)C(N)C(=O)O[C@@H](C)[C@H](O)[C@H]1CNc2nc(N)[nH]c(=O)c2C1.